The Morgan fingerprint density at radius 1 is 1.15 bits per heavy atom. The molecule has 1 aromatic heterocycles. The maximum absolute atomic E-state index is 13.4. The zero-order valence-electron chi connectivity index (χ0n) is 12.1. The van der Waals surface area contributed by atoms with Crippen molar-refractivity contribution in [3.63, 3.8) is 0 Å². The Hall–Kier alpha value is -1.94. The zero-order chi connectivity index (χ0) is 14.5. The maximum atomic E-state index is 13.4. The topological polar surface area (TPSA) is 28.2 Å². The van der Waals surface area contributed by atoms with Crippen LogP contribution in [0.5, 0.6) is 0 Å². The van der Waals surface area contributed by atoms with E-state index >= 15 is 0 Å². The summed E-state index contributed by atoms with van der Waals surface area (Å²) < 4.78 is 13.4. The van der Waals surface area contributed by atoms with Crippen LogP contribution in [0.3, 0.4) is 0 Å². The molecule has 0 saturated heterocycles. The molecule has 1 unspecified atom stereocenters. The minimum Gasteiger partial charge on any atom is -0.378 e. The van der Waals surface area contributed by atoms with E-state index in [2.05, 4.69) is 39.5 Å². The number of nitrogens with one attached hydrogen (secondary N) is 1. The summed E-state index contributed by atoms with van der Waals surface area (Å²) in [5.74, 6) is -0.310. The van der Waals surface area contributed by atoms with Crippen molar-refractivity contribution >= 4 is 5.69 Å². The van der Waals surface area contributed by atoms with Crippen molar-refractivity contribution in [3.05, 3.63) is 59.7 Å². The summed E-state index contributed by atoms with van der Waals surface area (Å²) in [6.07, 6.45) is 2.93. The second kappa shape index (κ2) is 6.48. The number of rotatable bonds is 5. The molecule has 106 valence electrons. The van der Waals surface area contributed by atoms with Gasteiger partial charge in [0.05, 0.1) is 12.2 Å². The van der Waals surface area contributed by atoms with Crippen LogP contribution in [-0.4, -0.2) is 25.6 Å². The minimum atomic E-state index is -0.310. The summed E-state index contributed by atoms with van der Waals surface area (Å²) in [6, 6.07) is 9.74. The van der Waals surface area contributed by atoms with Gasteiger partial charge in [0.1, 0.15) is 5.82 Å². The van der Waals surface area contributed by atoms with Gasteiger partial charge in [0.25, 0.3) is 0 Å². The fourth-order valence-electron chi connectivity index (χ4n) is 2.18. The predicted octanol–water partition coefficient (Wildman–Crippen LogP) is 2.99. The number of hydrogen-bond donors (Lipinski definition) is 1. The van der Waals surface area contributed by atoms with Crippen LogP contribution in [0.4, 0.5) is 10.1 Å². The lowest BCUT2D eigenvalue weighted by Gasteiger charge is -2.20. The van der Waals surface area contributed by atoms with Gasteiger partial charge < -0.3 is 10.2 Å². The van der Waals surface area contributed by atoms with Crippen LogP contribution in [-0.2, 0) is 0 Å². The predicted molar refractivity (Wildman–Crippen MR) is 80.5 cm³/mol. The average molecular weight is 273 g/mol. The average Bonchev–Trinajstić information content (AvgIpc) is 2.45. The van der Waals surface area contributed by atoms with Crippen LogP contribution in [0.1, 0.15) is 24.1 Å². The van der Waals surface area contributed by atoms with E-state index in [1.165, 1.54) is 12.3 Å². The molecule has 0 fully saturated rings. The molecule has 0 aliphatic rings. The molecule has 1 aromatic carbocycles. The Morgan fingerprint density at radius 2 is 1.85 bits per heavy atom. The molecular weight excluding hydrogens is 253 g/mol. The van der Waals surface area contributed by atoms with Gasteiger partial charge in [-0.25, -0.2) is 4.39 Å². The van der Waals surface area contributed by atoms with Crippen LogP contribution in [0.2, 0.25) is 0 Å². The molecule has 0 bridgehead atoms. The van der Waals surface area contributed by atoms with E-state index in [1.54, 1.807) is 6.20 Å². The van der Waals surface area contributed by atoms with Crippen LogP contribution >= 0.6 is 0 Å². The third kappa shape index (κ3) is 3.33. The van der Waals surface area contributed by atoms with E-state index < -0.39 is 0 Å². The normalized spacial score (nSPS) is 12.2. The van der Waals surface area contributed by atoms with Crippen molar-refractivity contribution in [2.24, 2.45) is 0 Å². The molecule has 4 heteroatoms. The lowest BCUT2D eigenvalue weighted by molar-refractivity contribution is 0.596. The van der Waals surface area contributed by atoms with E-state index in [-0.39, 0.29) is 11.9 Å². The van der Waals surface area contributed by atoms with E-state index in [1.807, 2.05) is 21.0 Å². The number of nitrogens with zero attached hydrogens (tertiary/aromatic N) is 2. The van der Waals surface area contributed by atoms with Gasteiger partial charge in [0.15, 0.2) is 0 Å². The number of hydrogen-bond acceptors (Lipinski definition) is 3. The lowest BCUT2D eigenvalue weighted by atomic mass is 9.99. The minimum absolute atomic E-state index is 0.0422. The van der Waals surface area contributed by atoms with Crippen molar-refractivity contribution in [1.29, 1.82) is 0 Å². The van der Waals surface area contributed by atoms with Crippen molar-refractivity contribution in [1.82, 2.24) is 10.3 Å². The summed E-state index contributed by atoms with van der Waals surface area (Å²) in [5.41, 5.74) is 3.08. The summed E-state index contributed by atoms with van der Waals surface area (Å²) in [6.45, 7) is 2.84. The Morgan fingerprint density at radius 3 is 2.40 bits per heavy atom. The van der Waals surface area contributed by atoms with Gasteiger partial charge in [-0.1, -0.05) is 19.1 Å². The molecule has 0 amide bonds. The van der Waals surface area contributed by atoms with Crippen LogP contribution in [0.25, 0.3) is 0 Å². The standard InChI is InChI=1S/C16H20FN3/c1-4-19-16(13-9-14(17)11-18-10-13)12-5-7-15(8-6-12)20(2)3/h5-11,16,19H,4H2,1-3H3. The summed E-state index contributed by atoms with van der Waals surface area (Å²) in [7, 11) is 4.01. The molecule has 0 spiro atoms. The van der Waals surface area contributed by atoms with Crippen LogP contribution in [0.15, 0.2) is 42.7 Å². The SMILES string of the molecule is CCNC(c1ccc(N(C)C)cc1)c1cncc(F)c1. The van der Waals surface area contributed by atoms with E-state index in [0.29, 0.717) is 0 Å². The number of pyridine rings is 1. The summed E-state index contributed by atoms with van der Waals surface area (Å²) in [4.78, 5) is 5.99. The van der Waals surface area contributed by atoms with Gasteiger partial charge in [-0.15, -0.1) is 0 Å². The van der Waals surface area contributed by atoms with Crippen molar-refractivity contribution in [3.8, 4) is 0 Å². The first-order valence-electron chi connectivity index (χ1n) is 6.73. The van der Waals surface area contributed by atoms with Gasteiger partial charge in [0.2, 0.25) is 0 Å². The quantitative estimate of drug-likeness (QED) is 0.907. The second-order valence-corrected chi connectivity index (χ2v) is 4.91. The highest BCUT2D eigenvalue weighted by Gasteiger charge is 2.14. The smallest absolute Gasteiger partial charge is 0.141 e. The molecule has 0 aliphatic carbocycles. The Balaban J connectivity index is 2.33. The summed E-state index contributed by atoms with van der Waals surface area (Å²) >= 11 is 0. The van der Waals surface area contributed by atoms with Gasteiger partial charge in [-0.05, 0) is 35.9 Å². The van der Waals surface area contributed by atoms with Crippen molar-refractivity contribution < 1.29 is 4.39 Å². The van der Waals surface area contributed by atoms with E-state index in [0.717, 1.165) is 23.4 Å². The molecule has 1 N–H and O–H groups in total. The lowest BCUT2D eigenvalue weighted by Crippen LogP contribution is -2.22. The molecule has 0 saturated carbocycles. The number of aromatic nitrogens is 1. The van der Waals surface area contributed by atoms with Gasteiger partial charge in [-0.2, -0.15) is 0 Å². The molecular formula is C16H20FN3. The van der Waals surface area contributed by atoms with E-state index in [9.17, 15) is 4.39 Å². The molecule has 1 atom stereocenters. The highest BCUT2D eigenvalue weighted by molar-refractivity contribution is 5.47. The Labute approximate surface area is 119 Å². The Kier molecular flexibility index (Phi) is 4.69. The number of halogens is 1. The van der Waals surface area contributed by atoms with Gasteiger partial charge in [-0.3, -0.25) is 4.98 Å². The third-order valence-electron chi connectivity index (χ3n) is 3.21. The number of anilines is 1. The highest BCUT2D eigenvalue weighted by atomic mass is 19.1. The van der Waals surface area contributed by atoms with Gasteiger partial charge >= 0.3 is 0 Å². The maximum Gasteiger partial charge on any atom is 0.141 e. The first-order chi connectivity index (χ1) is 9.61. The highest BCUT2D eigenvalue weighted by Crippen LogP contribution is 2.24. The molecule has 2 aromatic rings. The van der Waals surface area contributed by atoms with Crippen LogP contribution in [0, 0.1) is 5.82 Å². The molecule has 1 heterocycles. The fourth-order valence-corrected chi connectivity index (χ4v) is 2.18. The molecule has 3 nitrogen and oxygen atoms in total. The van der Waals surface area contributed by atoms with Gasteiger partial charge in [0, 0.05) is 26.0 Å². The number of benzene rings is 1. The first kappa shape index (κ1) is 14.5. The third-order valence-corrected chi connectivity index (χ3v) is 3.21. The first-order valence-corrected chi connectivity index (χ1v) is 6.73. The monoisotopic (exact) mass is 273 g/mol. The zero-order valence-corrected chi connectivity index (χ0v) is 12.1. The fraction of sp³-hybridized carbons (Fsp3) is 0.312. The molecule has 20 heavy (non-hydrogen) atoms. The molecule has 0 radical (unpaired) electrons. The largest absolute Gasteiger partial charge is 0.378 e. The summed E-state index contributed by atoms with van der Waals surface area (Å²) in [5, 5.41) is 3.37. The molecule has 0 aliphatic heterocycles. The van der Waals surface area contributed by atoms with Crippen molar-refractivity contribution in [2.75, 3.05) is 25.5 Å². The Bertz CT molecular complexity index is 552. The van der Waals surface area contributed by atoms with E-state index in [4.69, 9.17) is 0 Å². The second-order valence-electron chi connectivity index (χ2n) is 4.91. The van der Waals surface area contributed by atoms with Crippen molar-refractivity contribution in [2.45, 2.75) is 13.0 Å². The molecule has 2 rings (SSSR count). The van der Waals surface area contributed by atoms with Crippen LogP contribution < -0.4 is 10.2 Å².